The number of hydrogen-bond acceptors (Lipinski definition) is 3. The Morgan fingerprint density at radius 1 is 1.19 bits per heavy atom. The summed E-state index contributed by atoms with van der Waals surface area (Å²) in [6.45, 7) is 2.72. The number of benzene rings is 1. The Labute approximate surface area is 95.9 Å². The van der Waals surface area contributed by atoms with E-state index in [4.69, 9.17) is 15.3 Å². The quantitative estimate of drug-likeness (QED) is 0.708. The summed E-state index contributed by atoms with van der Waals surface area (Å²) in [6.07, 6.45) is 3.21. The average molecular weight is 214 g/mol. The highest BCUT2D eigenvalue weighted by atomic mass is 16.5. The summed E-state index contributed by atoms with van der Waals surface area (Å²) in [5.41, 5.74) is 0.706. The SMILES string of the molecule is CCCCCOc1cccc(C#N)c1C#N. The monoisotopic (exact) mass is 214 g/mol. The molecule has 0 heterocycles. The molecule has 1 aromatic carbocycles. The zero-order chi connectivity index (χ0) is 11.8. The van der Waals surface area contributed by atoms with Crippen LogP contribution in [0.15, 0.2) is 18.2 Å². The summed E-state index contributed by atoms with van der Waals surface area (Å²) in [5, 5.41) is 17.8. The van der Waals surface area contributed by atoms with E-state index in [-0.39, 0.29) is 0 Å². The Bertz CT molecular complexity index is 427. The lowest BCUT2D eigenvalue weighted by molar-refractivity contribution is 0.305. The molecule has 1 aromatic rings. The van der Waals surface area contributed by atoms with Gasteiger partial charge in [-0.05, 0) is 18.6 Å². The van der Waals surface area contributed by atoms with Gasteiger partial charge in [-0.25, -0.2) is 0 Å². The van der Waals surface area contributed by atoms with Crippen LogP contribution in [0, 0.1) is 22.7 Å². The Kier molecular flexibility index (Phi) is 4.89. The van der Waals surface area contributed by atoms with Crippen LogP contribution < -0.4 is 4.74 Å². The van der Waals surface area contributed by atoms with E-state index in [0.29, 0.717) is 23.5 Å². The fourth-order valence-corrected chi connectivity index (χ4v) is 1.39. The molecule has 1 rings (SSSR count). The lowest BCUT2D eigenvalue weighted by atomic mass is 10.1. The van der Waals surface area contributed by atoms with Crippen LogP contribution in [-0.4, -0.2) is 6.61 Å². The first kappa shape index (κ1) is 12.1. The van der Waals surface area contributed by atoms with Crippen molar-refractivity contribution in [3.63, 3.8) is 0 Å². The topological polar surface area (TPSA) is 56.8 Å². The zero-order valence-electron chi connectivity index (χ0n) is 9.36. The number of nitrogens with zero attached hydrogens (tertiary/aromatic N) is 2. The molecular weight excluding hydrogens is 200 g/mol. The molecule has 3 nitrogen and oxygen atoms in total. The number of rotatable bonds is 5. The van der Waals surface area contributed by atoms with Gasteiger partial charge in [0.1, 0.15) is 23.5 Å². The highest BCUT2D eigenvalue weighted by Gasteiger charge is 2.07. The number of unbranched alkanes of at least 4 members (excludes halogenated alkanes) is 2. The molecule has 0 N–H and O–H groups in total. The lowest BCUT2D eigenvalue weighted by Gasteiger charge is -2.07. The van der Waals surface area contributed by atoms with Gasteiger partial charge >= 0.3 is 0 Å². The zero-order valence-corrected chi connectivity index (χ0v) is 9.36. The van der Waals surface area contributed by atoms with Gasteiger partial charge in [0.15, 0.2) is 0 Å². The van der Waals surface area contributed by atoms with Crippen LogP contribution in [0.5, 0.6) is 5.75 Å². The van der Waals surface area contributed by atoms with Gasteiger partial charge < -0.3 is 4.74 Å². The summed E-state index contributed by atoms with van der Waals surface area (Å²) in [5.74, 6) is 0.512. The second-order valence-corrected chi connectivity index (χ2v) is 3.46. The fraction of sp³-hybridized carbons (Fsp3) is 0.385. The molecule has 0 unspecified atom stereocenters. The van der Waals surface area contributed by atoms with Gasteiger partial charge in [0.25, 0.3) is 0 Å². The third-order valence-corrected chi connectivity index (χ3v) is 2.26. The van der Waals surface area contributed by atoms with Crippen LogP contribution in [-0.2, 0) is 0 Å². The first-order valence-corrected chi connectivity index (χ1v) is 5.39. The highest BCUT2D eigenvalue weighted by molar-refractivity contribution is 5.53. The maximum Gasteiger partial charge on any atom is 0.138 e. The van der Waals surface area contributed by atoms with Gasteiger partial charge in [-0.2, -0.15) is 10.5 Å². The molecule has 3 heteroatoms. The van der Waals surface area contributed by atoms with Crippen LogP contribution in [0.2, 0.25) is 0 Å². The largest absolute Gasteiger partial charge is 0.492 e. The van der Waals surface area contributed by atoms with Gasteiger partial charge in [0.2, 0.25) is 0 Å². The van der Waals surface area contributed by atoms with Gasteiger partial charge in [-0.3, -0.25) is 0 Å². The van der Waals surface area contributed by atoms with Crippen molar-refractivity contribution < 1.29 is 4.74 Å². The van der Waals surface area contributed by atoms with Gasteiger partial charge in [-0.1, -0.05) is 25.8 Å². The van der Waals surface area contributed by atoms with Crippen molar-refractivity contribution in [1.82, 2.24) is 0 Å². The van der Waals surface area contributed by atoms with Crippen molar-refractivity contribution in [2.45, 2.75) is 26.2 Å². The summed E-state index contributed by atoms with van der Waals surface area (Å²) in [4.78, 5) is 0. The van der Waals surface area contributed by atoms with E-state index in [9.17, 15) is 0 Å². The van der Waals surface area contributed by atoms with Crippen LogP contribution in [0.3, 0.4) is 0 Å². The van der Waals surface area contributed by atoms with Crippen LogP contribution in [0.1, 0.15) is 37.3 Å². The molecule has 82 valence electrons. The van der Waals surface area contributed by atoms with Crippen molar-refractivity contribution in [3.8, 4) is 17.9 Å². The van der Waals surface area contributed by atoms with E-state index in [0.717, 1.165) is 19.3 Å². The molecule has 0 amide bonds. The maximum absolute atomic E-state index is 8.95. The van der Waals surface area contributed by atoms with Crippen LogP contribution in [0.25, 0.3) is 0 Å². The summed E-state index contributed by atoms with van der Waals surface area (Å²) in [6, 6.07) is 9.08. The molecule has 0 radical (unpaired) electrons. The van der Waals surface area contributed by atoms with Gasteiger partial charge in [-0.15, -0.1) is 0 Å². The molecule has 0 aromatic heterocycles. The third kappa shape index (κ3) is 3.00. The normalized spacial score (nSPS) is 9.19. The molecule has 0 bridgehead atoms. The van der Waals surface area contributed by atoms with E-state index in [2.05, 4.69) is 6.92 Å². The van der Waals surface area contributed by atoms with Crippen LogP contribution in [0.4, 0.5) is 0 Å². The second kappa shape index (κ2) is 6.48. The molecular formula is C13H14N2O. The first-order chi connectivity index (χ1) is 7.83. The average Bonchev–Trinajstić information content (AvgIpc) is 2.34. The first-order valence-electron chi connectivity index (χ1n) is 5.39. The van der Waals surface area contributed by atoms with E-state index < -0.39 is 0 Å². The van der Waals surface area contributed by atoms with E-state index in [1.54, 1.807) is 18.2 Å². The molecule has 0 aliphatic rings. The fourth-order valence-electron chi connectivity index (χ4n) is 1.39. The van der Waals surface area contributed by atoms with E-state index >= 15 is 0 Å². The Morgan fingerprint density at radius 2 is 2.00 bits per heavy atom. The molecule has 0 spiro atoms. The third-order valence-electron chi connectivity index (χ3n) is 2.26. The highest BCUT2D eigenvalue weighted by Crippen LogP contribution is 2.21. The number of nitriles is 2. The van der Waals surface area contributed by atoms with Gasteiger partial charge in [0, 0.05) is 0 Å². The molecule has 0 saturated carbocycles. The number of hydrogen-bond donors (Lipinski definition) is 0. The smallest absolute Gasteiger partial charge is 0.138 e. The molecule has 0 fully saturated rings. The lowest BCUT2D eigenvalue weighted by Crippen LogP contribution is -2.00. The molecule has 0 aliphatic carbocycles. The van der Waals surface area contributed by atoms with Crippen molar-refractivity contribution in [2.75, 3.05) is 6.61 Å². The second-order valence-electron chi connectivity index (χ2n) is 3.46. The molecule has 0 saturated heterocycles. The predicted molar refractivity (Wildman–Crippen MR) is 60.9 cm³/mol. The minimum atomic E-state index is 0.335. The van der Waals surface area contributed by atoms with Gasteiger partial charge in [0.05, 0.1) is 12.2 Å². The Hall–Kier alpha value is -2.00. The van der Waals surface area contributed by atoms with E-state index in [1.807, 2.05) is 12.1 Å². The van der Waals surface area contributed by atoms with Crippen molar-refractivity contribution in [2.24, 2.45) is 0 Å². The van der Waals surface area contributed by atoms with Crippen molar-refractivity contribution >= 4 is 0 Å². The molecule has 0 atom stereocenters. The maximum atomic E-state index is 8.95. The molecule has 0 aliphatic heterocycles. The Balaban J connectivity index is 2.74. The minimum absolute atomic E-state index is 0.335. The van der Waals surface area contributed by atoms with Crippen LogP contribution >= 0.6 is 0 Å². The predicted octanol–water partition coefficient (Wildman–Crippen LogP) is 3.00. The Morgan fingerprint density at radius 3 is 2.62 bits per heavy atom. The molecule has 16 heavy (non-hydrogen) atoms. The van der Waals surface area contributed by atoms with E-state index in [1.165, 1.54) is 0 Å². The summed E-state index contributed by atoms with van der Waals surface area (Å²) < 4.78 is 5.50. The summed E-state index contributed by atoms with van der Waals surface area (Å²) >= 11 is 0. The summed E-state index contributed by atoms with van der Waals surface area (Å²) in [7, 11) is 0. The minimum Gasteiger partial charge on any atom is -0.492 e. The standard InChI is InChI=1S/C13H14N2O/c1-2-3-4-8-16-13-7-5-6-11(9-14)12(13)10-15/h5-7H,2-4,8H2,1H3. The number of ether oxygens (including phenoxy) is 1. The van der Waals surface area contributed by atoms with Crippen molar-refractivity contribution in [3.05, 3.63) is 29.3 Å². The van der Waals surface area contributed by atoms with Crippen molar-refractivity contribution in [1.29, 1.82) is 10.5 Å².